The van der Waals surface area contributed by atoms with Gasteiger partial charge in [0.15, 0.2) is 11.7 Å². The van der Waals surface area contributed by atoms with Crippen LogP contribution in [0, 0.1) is 13.8 Å². The molecule has 0 N–H and O–H groups in total. The predicted octanol–water partition coefficient (Wildman–Crippen LogP) is 2.35. The molecule has 3 heteroatoms. The Morgan fingerprint density at radius 1 is 1.23 bits per heavy atom. The Kier molecular flexibility index (Phi) is 1.85. The monoisotopic (exact) mass is 174 g/mol. The maximum atomic E-state index is 5.35. The van der Waals surface area contributed by atoms with Crippen LogP contribution >= 0.6 is 0 Å². The molecule has 0 unspecified atom stereocenters. The molecule has 0 aromatic carbocycles. The van der Waals surface area contributed by atoms with Crippen molar-refractivity contribution in [3.8, 4) is 11.5 Å². The molecule has 0 fully saturated rings. The second-order valence-electron chi connectivity index (χ2n) is 2.96. The number of hydrogen-bond acceptors (Lipinski definition) is 3. The fourth-order valence-electron chi connectivity index (χ4n) is 1.15. The topological polar surface area (TPSA) is 38.9 Å². The summed E-state index contributed by atoms with van der Waals surface area (Å²) in [5.41, 5.74) is 2.00. The standard InChI is InChI=1S/C10H10N2O/c1-7-3-4-11-9(5-7)10-6-12-8(2)13-10/h3-6H,1-2H3. The van der Waals surface area contributed by atoms with Crippen LogP contribution in [0.4, 0.5) is 0 Å². The van der Waals surface area contributed by atoms with E-state index in [1.54, 1.807) is 12.4 Å². The molecule has 0 bridgehead atoms. The van der Waals surface area contributed by atoms with Crippen molar-refractivity contribution in [3.05, 3.63) is 36.0 Å². The first kappa shape index (κ1) is 7.98. The summed E-state index contributed by atoms with van der Waals surface area (Å²) in [7, 11) is 0. The largest absolute Gasteiger partial charge is 0.439 e. The molecule has 13 heavy (non-hydrogen) atoms. The van der Waals surface area contributed by atoms with Gasteiger partial charge in [0, 0.05) is 13.1 Å². The van der Waals surface area contributed by atoms with Crippen LogP contribution in [0.3, 0.4) is 0 Å². The molecule has 66 valence electrons. The fourth-order valence-corrected chi connectivity index (χ4v) is 1.15. The summed E-state index contributed by atoms with van der Waals surface area (Å²) in [5.74, 6) is 1.39. The predicted molar refractivity (Wildman–Crippen MR) is 49.2 cm³/mol. The van der Waals surface area contributed by atoms with Crippen LogP contribution in [0.25, 0.3) is 11.5 Å². The van der Waals surface area contributed by atoms with Gasteiger partial charge in [-0.05, 0) is 24.6 Å². The van der Waals surface area contributed by atoms with E-state index in [4.69, 9.17) is 4.42 Å². The van der Waals surface area contributed by atoms with Gasteiger partial charge in [-0.25, -0.2) is 4.98 Å². The van der Waals surface area contributed by atoms with E-state index in [0.29, 0.717) is 5.89 Å². The SMILES string of the molecule is Cc1ccnc(-c2cnc(C)o2)c1. The molecule has 3 nitrogen and oxygen atoms in total. The highest BCUT2D eigenvalue weighted by molar-refractivity contribution is 5.51. The van der Waals surface area contributed by atoms with Crippen molar-refractivity contribution in [1.82, 2.24) is 9.97 Å². The maximum absolute atomic E-state index is 5.35. The van der Waals surface area contributed by atoms with E-state index >= 15 is 0 Å². The van der Waals surface area contributed by atoms with E-state index in [-0.39, 0.29) is 0 Å². The van der Waals surface area contributed by atoms with Crippen LogP contribution in [-0.2, 0) is 0 Å². The van der Waals surface area contributed by atoms with Crippen molar-refractivity contribution in [3.63, 3.8) is 0 Å². The summed E-state index contributed by atoms with van der Waals surface area (Å²) >= 11 is 0. The molecule has 2 heterocycles. The molecule has 0 aliphatic heterocycles. The molecular formula is C10H10N2O. The zero-order valence-corrected chi connectivity index (χ0v) is 7.61. The maximum Gasteiger partial charge on any atom is 0.191 e. The Morgan fingerprint density at radius 2 is 2.08 bits per heavy atom. The van der Waals surface area contributed by atoms with Gasteiger partial charge in [0.25, 0.3) is 0 Å². The first-order valence-electron chi connectivity index (χ1n) is 4.11. The lowest BCUT2D eigenvalue weighted by Gasteiger charge is -1.95. The van der Waals surface area contributed by atoms with Crippen molar-refractivity contribution in [1.29, 1.82) is 0 Å². The zero-order valence-electron chi connectivity index (χ0n) is 7.61. The highest BCUT2D eigenvalue weighted by atomic mass is 16.4. The van der Waals surface area contributed by atoms with Crippen LogP contribution in [0.2, 0.25) is 0 Å². The molecule has 0 aliphatic carbocycles. The fraction of sp³-hybridized carbons (Fsp3) is 0.200. The minimum Gasteiger partial charge on any atom is -0.439 e. The molecule has 2 aromatic heterocycles. The van der Waals surface area contributed by atoms with Gasteiger partial charge in [0.05, 0.1) is 6.20 Å². The van der Waals surface area contributed by atoms with Crippen LogP contribution in [0.1, 0.15) is 11.5 Å². The lowest BCUT2D eigenvalue weighted by Crippen LogP contribution is -1.81. The van der Waals surface area contributed by atoms with Crippen molar-refractivity contribution >= 4 is 0 Å². The normalized spacial score (nSPS) is 10.3. The smallest absolute Gasteiger partial charge is 0.191 e. The molecule has 0 aliphatic rings. The van der Waals surface area contributed by atoms with Gasteiger partial charge in [0.1, 0.15) is 5.69 Å². The third kappa shape index (κ3) is 1.59. The number of oxazole rings is 1. The first-order chi connectivity index (χ1) is 6.25. The Hall–Kier alpha value is -1.64. The number of nitrogens with zero attached hydrogens (tertiary/aromatic N) is 2. The molecular weight excluding hydrogens is 164 g/mol. The number of aryl methyl sites for hydroxylation is 2. The van der Waals surface area contributed by atoms with Crippen LogP contribution in [-0.4, -0.2) is 9.97 Å². The van der Waals surface area contributed by atoms with E-state index in [2.05, 4.69) is 9.97 Å². The van der Waals surface area contributed by atoms with Gasteiger partial charge < -0.3 is 4.42 Å². The number of aromatic nitrogens is 2. The summed E-state index contributed by atoms with van der Waals surface area (Å²) in [6, 6.07) is 3.92. The first-order valence-corrected chi connectivity index (χ1v) is 4.11. The molecule has 2 aromatic rings. The minimum atomic E-state index is 0.665. The lowest BCUT2D eigenvalue weighted by atomic mass is 10.2. The highest BCUT2D eigenvalue weighted by Gasteiger charge is 2.03. The average Bonchev–Trinajstić information content (AvgIpc) is 2.52. The van der Waals surface area contributed by atoms with Gasteiger partial charge in [-0.2, -0.15) is 0 Å². The molecule has 0 amide bonds. The summed E-state index contributed by atoms with van der Waals surface area (Å²) in [4.78, 5) is 8.21. The van der Waals surface area contributed by atoms with Crippen LogP contribution < -0.4 is 0 Å². The summed E-state index contributed by atoms with van der Waals surface area (Å²) in [6.45, 7) is 3.84. The lowest BCUT2D eigenvalue weighted by molar-refractivity contribution is 0.532. The van der Waals surface area contributed by atoms with E-state index in [1.165, 1.54) is 5.56 Å². The third-order valence-electron chi connectivity index (χ3n) is 1.79. The number of pyridine rings is 1. The molecule has 0 saturated heterocycles. The number of hydrogen-bond donors (Lipinski definition) is 0. The summed E-state index contributed by atoms with van der Waals surface area (Å²) < 4.78 is 5.35. The molecule has 0 atom stereocenters. The van der Waals surface area contributed by atoms with Gasteiger partial charge in [-0.1, -0.05) is 0 Å². The molecule has 2 rings (SSSR count). The van der Waals surface area contributed by atoms with Gasteiger partial charge in [-0.15, -0.1) is 0 Å². The van der Waals surface area contributed by atoms with E-state index in [1.807, 2.05) is 26.0 Å². The van der Waals surface area contributed by atoms with Crippen molar-refractivity contribution < 1.29 is 4.42 Å². The van der Waals surface area contributed by atoms with Crippen molar-refractivity contribution in [2.24, 2.45) is 0 Å². The van der Waals surface area contributed by atoms with Crippen molar-refractivity contribution in [2.75, 3.05) is 0 Å². The van der Waals surface area contributed by atoms with E-state index < -0.39 is 0 Å². The number of rotatable bonds is 1. The summed E-state index contributed by atoms with van der Waals surface area (Å²) in [5, 5.41) is 0. The van der Waals surface area contributed by atoms with E-state index in [0.717, 1.165) is 11.5 Å². The Balaban J connectivity index is 2.46. The Bertz CT molecular complexity index is 420. The van der Waals surface area contributed by atoms with Crippen LogP contribution in [0.15, 0.2) is 28.9 Å². The van der Waals surface area contributed by atoms with E-state index in [9.17, 15) is 0 Å². The second kappa shape index (κ2) is 3.01. The minimum absolute atomic E-state index is 0.665. The van der Waals surface area contributed by atoms with Crippen molar-refractivity contribution in [2.45, 2.75) is 13.8 Å². The molecule has 0 saturated carbocycles. The van der Waals surface area contributed by atoms with Crippen LogP contribution in [0.5, 0.6) is 0 Å². The third-order valence-corrected chi connectivity index (χ3v) is 1.79. The molecule has 0 radical (unpaired) electrons. The second-order valence-corrected chi connectivity index (χ2v) is 2.96. The Labute approximate surface area is 76.5 Å². The zero-order chi connectivity index (χ0) is 9.26. The molecule has 0 spiro atoms. The average molecular weight is 174 g/mol. The van der Waals surface area contributed by atoms with Gasteiger partial charge in [-0.3, -0.25) is 4.98 Å². The Morgan fingerprint density at radius 3 is 2.69 bits per heavy atom. The highest BCUT2D eigenvalue weighted by Crippen LogP contribution is 2.17. The van der Waals surface area contributed by atoms with Gasteiger partial charge in [0.2, 0.25) is 0 Å². The van der Waals surface area contributed by atoms with Gasteiger partial charge >= 0.3 is 0 Å². The quantitative estimate of drug-likeness (QED) is 0.666. The summed E-state index contributed by atoms with van der Waals surface area (Å²) in [6.07, 6.45) is 3.46.